The van der Waals surface area contributed by atoms with Crippen molar-refractivity contribution in [2.24, 2.45) is 0 Å². The van der Waals surface area contributed by atoms with E-state index in [9.17, 15) is 14.4 Å². The van der Waals surface area contributed by atoms with Gasteiger partial charge in [0.15, 0.2) is 6.61 Å². The highest BCUT2D eigenvalue weighted by Crippen LogP contribution is 2.19. The van der Waals surface area contributed by atoms with Gasteiger partial charge in [0.25, 0.3) is 11.8 Å². The molecule has 0 bridgehead atoms. The van der Waals surface area contributed by atoms with E-state index in [1.807, 2.05) is 0 Å². The van der Waals surface area contributed by atoms with Crippen molar-refractivity contribution in [1.29, 1.82) is 0 Å². The van der Waals surface area contributed by atoms with Crippen molar-refractivity contribution in [3.63, 3.8) is 0 Å². The second-order valence-corrected chi connectivity index (χ2v) is 6.43. The number of hydrogen-bond donors (Lipinski definition) is 0. The van der Waals surface area contributed by atoms with Crippen LogP contribution in [-0.2, 0) is 4.79 Å². The molecular formula is C20H18N2O6. The topological polar surface area (TPSA) is 93.2 Å². The predicted molar refractivity (Wildman–Crippen MR) is 99.2 cm³/mol. The third-order valence-electron chi connectivity index (χ3n) is 4.64. The minimum Gasteiger partial charge on any atom is -0.484 e. The number of furan rings is 1. The summed E-state index contributed by atoms with van der Waals surface area (Å²) in [6, 6.07) is 9.71. The van der Waals surface area contributed by atoms with Crippen LogP contribution in [0.5, 0.6) is 5.75 Å². The van der Waals surface area contributed by atoms with E-state index in [2.05, 4.69) is 0 Å². The summed E-state index contributed by atoms with van der Waals surface area (Å²) in [6.45, 7) is 1.67. The maximum absolute atomic E-state index is 12.4. The Balaban J connectivity index is 1.31. The molecule has 1 saturated heterocycles. The van der Waals surface area contributed by atoms with E-state index in [1.54, 1.807) is 40.1 Å². The number of piperazine rings is 1. The average Bonchev–Trinajstić information content (AvgIpc) is 3.26. The van der Waals surface area contributed by atoms with Crippen molar-refractivity contribution in [2.45, 2.75) is 0 Å². The Morgan fingerprint density at radius 3 is 2.50 bits per heavy atom. The zero-order valence-corrected chi connectivity index (χ0v) is 15.0. The normalized spacial score (nSPS) is 14.3. The van der Waals surface area contributed by atoms with Gasteiger partial charge in [-0.05, 0) is 24.3 Å². The second-order valence-electron chi connectivity index (χ2n) is 6.43. The van der Waals surface area contributed by atoms with Crippen LogP contribution in [0.3, 0.4) is 0 Å². The third kappa shape index (κ3) is 3.75. The zero-order chi connectivity index (χ0) is 19.5. The number of carbonyl (C=O) groups is 2. The number of amides is 2. The van der Waals surface area contributed by atoms with Crippen LogP contribution in [0.2, 0.25) is 0 Å². The van der Waals surface area contributed by atoms with E-state index < -0.39 is 5.63 Å². The van der Waals surface area contributed by atoms with Gasteiger partial charge in [-0.2, -0.15) is 0 Å². The number of hydrogen-bond acceptors (Lipinski definition) is 6. The lowest BCUT2D eigenvalue weighted by Gasteiger charge is -2.34. The first kappa shape index (κ1) is 17.8. The number of benzene rings is 1. The van der Waals surface area contributed by atoms with Gasteiger partial charge in [-0.3, -0.25) is 9.59 Å². The van der Waals surface area contributed by atoms with Crippen LogP contribution in [0.15, 0.2) is 62.6 Å². The zero-order valence-electron chi connectivity index (χ0n) is 15.0. The van der Waals surface area contributed by atoms with Crippen LogP contribution in [0.25, 0.3) is 11.0 Å². The fraction of sp³-hybridized carbons (Fsp3) is 0.250. The second kappa shape index (κ2) is 7.59. The molecule has 2 aromatic heterocycles. The Hall–Kier alpha value is -3.55. The van der Waals surface area contributed by atoms with Gasteiger partial charge in [0.1, 0.15) is 17.6 Å². The van der Waals surface area contributed by atoms with Crippen molar-refractivity contribution in [3.8, 4) is 5.75 Å². The number of fused-ring (bicyclic) bond motifs is 1. The third-order valence-corrected chi connectivity index (χ3v) is 4.64. The van der Waals surface area contributed by atoms with E-state index in [0.717, 1.165) is 5.39 Å². The summed E-state index contributed by atoms with van der Waals surface area (Å²) >= 11 is 0. The molecule has 2 amide bonds. The predicted octanol–water partition coefficient (Wildman–Crippen LogP) is 1.75. The molecule has 1 aliphatic heterocycles. The van der Waals surface area contributed by atoms with Crippen LogP contribution < -0.4 is 10.4 Å². The SMILES string of the molecule is O=C(COc1ccc2ccc(=O)oc2c1)N1CCN(C(=O)c2ccoc2)CC1. The maximum Gasteiger partial charge on any atom is 0.336 e. The molecule has 3 aromatic rings. The Morgan fingerprint density at radius 1 is 1.00 bits per heavy atom. The van der Waals surface area contributed by atoms with E-state index >= 15 is 0 Å². The first-order valence-corrected chi connectivity index (χ1v) is 8.86. The Kier molecular flexibility index (Phi) is 4.84. The quantitative estimate of drug-likeness (QED) is 0.638. The molecule has 4 rings (SSSR count). The molecule has 0 spiro atoms. The van der Waals surface area contributed by atoms with Crippen molar-refractivity contribution < 1.29 is 23.2 Å². The van der Waals surface area contributed by atoms with Crippen molar-refractivity contribution >= 4 is 22.8 Å². The molecule has 1 aliphatic rings. The summed E-state index contributed by atoms with van der Waals surface area (Å²) in [7, 11) is 0. The summed E-state index contributed by atoms with van der Waals surface area (Å²) in [5.41, 5.74) is 0.471. The molecule has 0 unspecified atom stereocenters. The summed E-state index contributed by atoms with van der Waals surface area (Å²) in [5, 5.41) is 0.775. The van der Waals surface area contributed by atoms with Crippen molar-refractivity contribution in [1.82, 2.24) is 9.80 Å². The molecule has 28 heavy (non-hydrogen) atoms. The number of rotatable bonds is 4. The highest BCUT2D eigenvalue weighted by atomic mass is 16.5. The fourth-order valence-electron chi connectivity index (χ4n) is 3.09. The lowest BCUT2D eigenvalue weighted by molar-refractivity contribution is -0.134. The Bertz CT molecular complexity index is 1050. The van der Waals surface area contributed by atoms with E-state index in [0.29, 0.717) is 43.1 Å². The Morgan fingerprint density at radius 2 is 1.75 bits per heavy atom. The van der Waals surface area contributed by atoms with Gasteiger partial charge in [0.05, 0.1) is 11.8 Å². The van der Waals surface area contributed by atoms with Crippen molar-refractivity contribution in [3.05, 3.63) is 64.9 Å². The minimum atomic E-state index is -0.441. The van der Waals surface area contributed by atoms with Crippen LogP contribution in [-0.4, -0.2) is 54.4 Å². The first-order chi connectivity index (χ1) is 13.6. The van der Waals surface area contributed by atoms with Gasteiger partial charge < -0.3 is 23.4 Å². The van der Waals surface area contributed by atoms with Gasteiger partial charge >= 0.3 is 5.63 Å². The van der Waals surface area contributed by atoms with Gasteiger partial charge in [-0.25, -0.2) is 4.79 Å². The number of nitrogens with zero attached hydrogens (tertiary/aromatic N) is 2. The molecular weight excluding hydrogens is 364 g/mol. The lowest BCUT2D eigenvalue weighted by atomic mass is 10.2. The van der Waals surface area contributed by atoms with Crippen LogP contribution in [0.1, 0.15) is 10.4 Å². The van der Waals surface area contributed by atoms with E-state index in [1.165, 1.54) is 18.6 Å². The first-order valence-electron chi connectivity index (χ1n) is 8.86. The molecule has 0 saturated carbocycles. The molecule has 0 N–H and O–H groups in total. The van der Waals surface area contributed by atoms with Gasteiger partial charge in [0.2, 0.25) is 0 Å². The van der Waals surface area contributed by atoms with Crippen LogP contribution in [0.4, 0.5) is 0 Å². The smallest absolute Gasteiger partial charge is 0.336 e. The summed E-state index contributed by atoms with van der Waals surface area (Å²) in [4.78, 5) is 39.4. The summed E-state index contributed by atoms with van der Waals surface area (Å²) in [6.07, 6.45) is 2.88. The molecule has 144 valence electrons. The highest BCUT2D eigenvalue weighted by molar-refractivity contribution is 5.94. The molecule has 3 heterocycles. The Labute approximate surface area is 159 Å². The van der Waals surface area contributed by atoms with Crippen LogP contribution in [0, 0.1) is 0 Å². The standard InChI is InChI=1S/C20H18N2O6/c23-18(13-27-16-3-1-14-2-4-19(24)28-17(14)11-16)21-6-8-22(9-7-21)20(25)15-5-10-26-12-15/h1-5,10-12H,6-9,13H2. The monoisotopic (exact) mass is 382 g/mol. The summed E-state index contributed by atoms with van der Waals surface area (Å²) in [5.74, 6) is 0.184. The highest BCUT2D eigenvalue weighted by Gasteiger charge is 2.25. The fourth-order valence-corrected chi connectivity index (χ4v) is 3.09. The van der Waals surface area contributed by atoms with E-state index in [4.69, 9.17) is 13.6 Å². The number of carbonyl (C=O) groups excluding carboxylic acids is 2. The van der Waals surface area contributed by atoms with Gasteiger partial charge in [0, 0.05) is 43.7 Å². The minimum absolute atomic E-state index is 0.102. The molecule has 8 heteroatoms. The van der Waals surface area contributed by atoms with Crippen molar-refractivity contribution in [2.75, 3.05) is 32.8 Å². The molecule has 1 aromatic carbocycles. The van der Waals surface area contributed by atoms with E-state index in [-0.39, 0.29) is 18.4 Å². The maximum atomic E-state index is 12.4. The molecule has 1 fully saturated rings. The largest absolute Gasteiger partial charge is 0.484 e. The number of ether oxygens (including phenoxy) is 1. The molecule has 0 aliphatic carbocycles. The lowest BCUT2D eigenvalue weighted by Crippen LogP contribution is -2.51. The van der Waals surface area contributed by atoms with Gasteiger partial charge in [-0.15, -0.1) is 0 Å². The summed E-state index contributed by atoms with van der Waals surface area (Å²) < 4.78 is 15.6. The molecule has 0 radical (unpaired) electrons. The molecule has 8 nitrogen and oxygen atoms in total. The average molecular weight is 382 g/mol. The molecule has 0 atom stereocenters. The van der Waals surface area contributed by atoms with Crippen LogP contribution >= 0.6 is 0 Å². The van der Waals surface area contributed by atoms with Gasteiger partial charge in [-0.1, -0.05) is 0 Å².